The minimum absolute atomic E-state index is 0. The number of rotatable bonds is 5. The molecule has 1 fully saturated rings. The van der Waals surface area contributed by atoms with Gasteiger partial charge >= 0.3 is 0 Å². The molecular formula is C18H23ClFN3. The van der Waals surface area contributed by atoms with Crippen molar-refractivity contribution in [2.24, 2.45) is 0 Å². The summed E-state index contributed by atoms with van der Waals surface area (Å²) in [4.78, 5) is 4.50. The van der Waals surface area contributed by atoms with E-state index in [0.717, 1.165) is 42.9 Å². The van der Waals surface area contributed by atoms with Crippen molar-refractivity contribution in [2.75, 3.05) is 5.32 Å². The van der Waals surface area contributed by atoms with Crippen LogP contribution in [0.15, 0.2) is 42.5 Å². The van der Waals surface area contributed by atoms with E-state index in [0.29, 0.717) is 12.1 Å². The van der Waals surface area contributed by atoms with E-state index in [4.69, 9.17) is 0 Å². The van der Waals surface area contributed by atoms with Crippen LogP contribution in [0.4, 0.5) is 10.2 Å². The van der Waals surface area contributed by atoms with Crippen LogP contribution in [0.5, 0.6) is 0 Å². The van der Waals surface area contributed by atoms with Gasteiger partial charge in [0.25, 0.3) is 0 Å². The normalized spacial score (nSPS) is 20.1. The first-order chi connectivity index (χ1) is 10.7. The Balaban J connectivity index is 0.00000192. The highest BCUT2D eigenvalue weighted by Crippen LogP contribution is 2.23. The third-order valence-corrected chi connectivity index (χ3v) is 4.18. The van der Waals surface area contributed by atoms with Gasteiger partial charge in [0.05, 0.1) is 0 Å². The van der Waals surface area contributed by atoms with Crippen molar-refractivity contribution in [3.8, 4) is 0 Å². The van der Waals surface area contributed by atoms with Gasteiger partial charge in [0.2, 0.25) is 0 Å². The third-order valence-electron chi connectivity index (χ3n) is 4.18. The van der Waals surface area contributed by atoms with Gasteiger partial charge in [-0.05, 0) is 56.0 Å². The maximum absolute atomic E-state index is 12.9. The molecule has 124 valence electrons. The fraction of sp³-hybridized carbons (Fsp3) is 0.389. The van der Waals surface area contributed by atoms with Crippen molar-refractivity contribution in [1.29, 1.82) is 0 Å². The Kier molecular flexibility index (Phi) is 6.37. The molecule has 1 heterocycles. The Labute approximate surface area is 143 Å². The van der Waals surface area contributed by atoms with E-state index in [9.17, 15) is 4.39 Å². The van der Waals surface area contributed by atoms with E-state index < -0.39 is 0 Å². The zero-order valence-corrected chi connectivity index (χ0v) is 14.1. The van der Waals surface area contributed by atoms with Crippen LogP contribution < -0.4 is 10.6 Å². The molecule has 0 amide bonds. The van der Waals surface area contributed by atoms with Crippen LogP contribution in [-0.4, -0.2) is 17.1 Å². The summed E-state index contributed by atoms with van der Waals surface area (Å²) in [6.07, 6.45) is 3.40. The largest absolute Gasteiger partial charge is 0.367 e. The molecule has 1 saturated carbocycles. The predicted molar refractivity (Wildman–Crippen MR) is 94.5 cm³/mol. The number of pyridine rings is 1. The Morgan fingerprint density at radius 3 is 2.57 bits per heavy atom. The monoisotopic (exact) mass is 335 g/mol. The summed E-state index contributed by atoms with van der Waals surface area (Å²) in [6.45, 7) is 2.80. The van der Waals surface area contributed by atoms with Gasteiger partial charge in [-0.1, -0.05) is 18.2 Å². The molecular weight excluding hydrogens is 313 g/mol. The fourth-order valence-electron chi connectivity index (χ4n) is 3.00. The second-order valence-corrected chi connectivity index (χ2v) is 6.02. The van der Waals surface area contributed by atoms with Gasteiger partial charge in [-0.25, -0.2) is 9.37 Å². The predicted octanol–water partition coefficient (Wildman–Crippen LogP) is 4.07. The maximum atomic E-state index is 12.9. The van der Waals surface area contributed by atoms with Crippen molar-refractivity contribution in [3.05, 3.63) is 59.5 Å². The molecule has 0 radical (unpaired) electrons. The Morgan fingerprint density at radius 1 is 1.09 bits per heavy atom. The van der Waals surface area contributed by atoms with Crippen LogP contribution in [0.1, 0.15) is 30.5 Å². The highest BCUT2D eigenvalue weighted by Gasteiger charge is 2.24. The van der Waals surface area contributed by atoms with Crippen LogP contribution in [0.25, 0.3) is 0 Å². The summed E-state index contributed by atoms with van der Waals surface area (Å²) in [7, 11) is 0. The Morgan fingerprint density at radius 2 is 1.83 bits per heavy atom. The molecule has 5 heteroatoms. The summed E-state index contributed by atoms with van der Waals surface area (Å²) >= 11 is 0. The number of nitrogens with zero attached hydrogens (tertiary/aromatic N) is 1. The van der Waals surface area contributed by atoms with Crippen LogP contribution >= 0.6 is 12.4 Å². The molecule has 0 aliphatic heterocycles. The lowest BCUT2D eigenvalue weighted by molar-refractivity contribution is 0.519. The lowest BCUT2D eigenvalue weighted by Gasteiger charge is -2.15. The summed E-state index contributed by atoms with van der Waals surface area (Å²) in [5, 5.41) is 7.08. The number of benzene rings is 1. The van der Waals surface area contributed by atoms with Crippen molar-refractivity contribution in [1.82, 2.24) is 10.3 Å². The first kappa shape index (κ1) is 17.7. The molecule has 3 nitrogen and oxygen atoms in total. The Bertz CT molecular complexity index is 618. The standard InChI is InChI=1S/C18H22FN3.ClH/c1-13-3-2-4-18(21-13)22-17-10-9-16(11-17)20-12-14-5-7-15(19)8-6-14;/h2-8,16-17,20H,9-12H2,1H3,(H,21,22);1H/t16-,17+;/m0./s1. The van der Waals surface area contributed by atoms with Gasteiger partial charge in [-0.2, -0.15) is 0 Å². The number of nitrogens with one attached hydrogen (secondary N) is 2. The van der Waals surface area contributed by atoms with E-state index in [1.54, 1.807) is 0 Å². The molecule has 2 N–H and O–H groups in total. The lowest BCUT2D eigenvalue weighted by atomic mass is 10.2. The average Bonchev–Trinajstić information content (AvgIpc) is 2.94. The van der Waals surface area contributed by atoms with Gasteiger partial charge in [-0.3, -0.25) is 0 Å². The second-order valence-electron chi connectivity index (χ2n) is 6.02. The molecule has 2 aromatic rings. The van der Waals surface area contributed by atoms with Gasteiger partial charge < -0.3 is 10.6 Å². The van der Waals surface area contributed by atoms with Crippen molar-refractivity contribution in [2.45, 2.75) is 44.8 Å². The third kappa shape index (κ3) is 5.19. The topological polar surface area (TPSA) is 37.0 Å². The quantitative estimate of drug-likeness (QED) is 0.864. The van der Waals surface area contributed by atoms with Crippen molar-refractivity contribution in [3.63, 3.8) is 0 Å². The number of hydrogen-bond donors (Lipinski definition) is 2. The molecule has 0 unspecified atom stereocenters. The molecule has 23 heavy (non-hydrogen) atoms. The molecule has 0 bridgehead atoms. The number of halogens is 2. The van der Waals surface area contributed by atoms with E-state index in [1.807, 2.05) is 37.3 Å². The first-order valence-electron chi connectivity index (χ1n) is 7.87. The van der Waals surface area contributed by atoms with Gasteiger partial charge in [-0.15, -0.1) is 12.4 Å². The summed E-state index contributed by atoms with van der Waals surface area (Å²) in [6, 6.07) is 13.7. The average molecular weight is 336 g/mol. The maximum Gasteiger partial charge on any atom is 0.126 e. The van der Waals surface area contributed by atoms with Gasteiger partial charge in [0, 0.05) is 24.3 Å². The van der Waals surface area contributed by atoms with Gasteiger partial charge in [0.15, 0.2) is 0 Å². The number of aryl methyl sites for hydroxylation is 1. The van der Waals surface area contributed by atoms with Crippen molar-refractivity contribution < 1.29 is 4.39 Å². The second kappa shape index (κ2) is 8.27. The molecule has 2 atom stereocenters. The Hall–Kier alpha value is -1.65. The van der Waals surface area contributed by atoms with Crippen LogP contribution in [0.3, 0.4) is 0 Å². The summed E-state index contributed by atoms with van der Waals surface area (Å²) in [5.41, 5.74) is 2.16. The molecule has 1 aromatic carbocycles. The summed E-state index contributed by atoms with van der Waals surface area (Å²) in [5.74, 6) is 0.781. The number of aromatic nitrogens is 1. The molecule has 1 aliphatic carbocycles. The molecule has 0 spiro atoms. The van der Waals surface area contributed by atoms with Crippen molar-refractivity contribution >= 4 is 18.2 Å². The lowest BCUT2D eigenvalue weighted by Crippen LogP contribution is -2.27. The zero-order valence-electron chi connectivity index (χ0n) is 13.3. The molecule has 1 aromatic heterocycles. The summed E-state index contributed by atoms with van der Waals surface area (Å²) < 4.78 is 12.9. The fourth-order valence-corrected chi connectivity index (χ4v) is 3.00. The molecule has 1 aliphatic rings. The van der Waals surface area contributed by atoms with Gasteiger partial charge in [0.1, 0.15) is 11.6 Å². The van der Waals surface area contributed by atoms with E-state index in [-0.39, 0.29) is 18.2 Å². The number of anilines is 1. The van der Waals surface area contributed by atoms with Crippen LogP contribution in [0.2, 0.25) is 0 Å². The highest BCUT2D eigenvalue weighted by molar-refractivity contribution is 5.85. The smallest absolute Gasteiger partial charge is 0.126 e. The molecule has 0 saturated heterocycles. The number of hydrogen-bond acceptors (Lipinski definition) is 3. The minimum atomic E-state index is -0.181. The SMILES string of the molecule is Cc1cccc(N[C@@H]2CC[C@H](NCc3ccc(F)cc3)C2)n1.Cl. The van der Waals surface area contributed by atoms with Crippen LogP contribution in [0, 0.1) is 12.7 Å². The van der Waals surface area contributed by atoms with E-state index in [2.05, 4.69) is 15.6 Å². The molecule has 3 rings (SSSR count). The van der Waals surface area contributed by atoms with E-state index >= 15 is 0 Å². The first-order valence-corrected chi connectivity index (χ1v) is 7.87. The van der Waals surface area contributed by atoms with E-state index in [1.165, 1.54) is 12.1 Å². The van der Waals surface area contributed by atoms with Crippen LogP contribution in [-0.2, 0) is 6.54 Å². The minimum Gasteiger partial charge on any atom is -0.367 e. The highest BCUT2D eigenvalue weighted by atomic mass is 35.5. The zero-order chi connectivity index (χ0) is 15.4.